The molecule has 1 saturated heterocycles. The SMILES string of the molecule is CCc1ncc(CN(CC(=O)OC)C(=O)CCC2CCCOC2)s1. The molecule has 0 radical (unpaired) electrons. The number of methoxy groups -OCH3 is 1. The van der Waals surface area contributed by atoms with Crippen LogP contribution in [0.5, 0.6) is 0 Å². The van der Waals surface area contributed by atoms with Gasteiger partial charge in [0, 0.05) is 30.7 Å². The Balaban J connectivity index is 1.92. The van der Waals surface area contributed by atoms with Crippen LogP contribution in [0.2, 0.25) is 0 Å². The molecule has 2 heterocycles. The van der Waals surface area contributed by atoms with Gasteiger partial charge in [0.15, 0.2) is 0 Å². The second-order valence-electron chi connectivity index (χ2n) is 6.02. The van der Waals surface area contributed by atoms with E-state index in [1.807, 2.05) is 6.92 Å². The average molecular weight is 354 g/mol. The Bertz CT molecular complexity index is 540. The number of amides is 1. The van der Waals surface area contributed by atoms with Crippen LogP contribution in [-0.4, -0.2) is 48.6 Å². The molecule has 24 heavy (non-hydrogen) atoms. The minimum absolute atomic E-state index is 0.0163. The summed E-state index contributed by atoms with van der Waals surface area (Å²) in [5.41, 5.74) is 0. The second-order valence-corrected chi connectivity index (χ2v) is 7.22. The van der Waals surface area contributed by atoms with Crippen molar-refractivity contribution < 1.29 is 19.1 Å². The van der Waals surface area contributed by atoms with Gasteiger partial charge in [-0.05, 0) is 31.6 Å². The fourth-order valence-electron chi connectivity index (χ4n) is 2.75. The maximum Gasteiger partial charge on any atom is 0.325 e. The van der Waals surface area contributed by atoms with Crippen molar-refractivity contribution in [2.24, 2.45) is 5.92 Å². The number of esters is 1. The van der Waals surface area contributed by atoms with Gasteiger partial charge in [-0.1, -0.05) is 6.92 Å². The minimum Gasteiger partial charge on any atom is -0.468 e. The van der Waals surface area contributed by atoms with Crippen LogP contribution in [-0.2, 0) is 32.0 Å². The molecule has 6 nitrogen and oxygen atoms in total. The predicted molar refractivity (Wildman–Crippen MR) is 91.7 cm³/mol. The Hall–Kier alpha value is -1.47. The van der Waals surface area contributed by atoms with Crippen molar-refractivity contribution in [2.75, 3.05) is 26.9 Å². The third-order valence-corrected chi connectivity index (χ3v) is 5.30. The molecule has 0 aliphatic carbocycles. The first kappa shape index (κ1) is 18.9. The van der Waals surface area contributed by atoms with Crippen molar-refractivity contribution in [3.05, 3.63) is 16.1 Å². The Morgan fingerprint density at radius 2 is 2.33 bits per heavy atom. The number of nitrogens with zero attached hydrogens (tertiary/aromatic N) is 2. The summed E-state index contributed by atoms with van der Waals surface area (Å²) < 4.78 is 10.2. The van der Waals surface area contributed by atoms with E-state index in [-0.39, 0.29) is 12.5 Å². The maximum absolute atomic E-state index is 12.6. The van der Waals surface area contributed by atoms with Crippen molar-refractivity contribution >= 4 is 23.2 Å². The standard InChI is InChI=1S/C17H26N2O4S/c1-3-15-18-9-14(24-15)10-19(11-17(21)22-2)16(20)7-6-13-5-4-8-23-12-13/h9,13H,3-8,10-12H2,1-2H3. The summed E-state index contributed by atoms with van der Waals surface area (Å²) in [4.78, 5) is 31.1. The second kappa shape index (κ2) is 9.74. The Kier molecular flexibility index (Phi) is 7.65. The largest absolute Gasteiger partial charge is 0.468 e. The average Bonchev–Trinajstić information content (AvgIpc) is 3.07. The zero-order valence-corrected chi connectivity index (χ0v) is 15.3. The fraction of sp³-hybridized carbons (Fsp3) is 0.706. The predicted octanol–water partition coefficient (Wildman–Crippen LogP) is 2.41. The quantitative estimate of drug-likeness (QED) is 0.671. The maximum atomic E-state index is 12.6. The normalized spacial score (nSPS) is 17.5. The number of rotatable bonds is 8. The minimum atomic E-state index is -0.399. The third kappa shape index (κ3) is 5.87. The van der Waals surface area contributed by atoms with E-state index in [0.717, 1.165) is 48.8 Å². The van der Waals surface area contributed by atoms with Gasteiger partial charge in [0.25, 0.3) is 0 Å². The Labute approximate surface area is 147 Å². The first-order chi connectivity index (χ1) is 11.6. The fourth-order valence-corrected chi connectivity index (χ4v) is 3.62. The molecule has 7 heteroatoms. The van der Waals surface area contributed by atoms with Gasteiger partial charge < -0.3 is 14.4 Å². The number of hydrogen-bond acceptors (Lipinski definition) is 6. The number of hydrogen-bond donors (Lipinski definition) is 0. The van der Waals surface area contributed by atoms with Crippen LogP contribution in [0.25, 0.3) is 0 Å². The molecule has 1 aliphatic rings. The third-order valence-electron chi connectivity index (χ3n) is 4.17. The molecule has 1 atom stereocenters. The first-order valence-electron chi connectivity index (χ1n) is 8.48. The summed E-state index contributed by atoms with van der Waals surface area (Å²) in [6, 6.07) is 0. The van der Waals surface area contributed by atoms with Crippen molar-refractivity contribution in [3.8, 4) is 0 Å². The van der Waals surface area contributed by atoms with Gasteiger partial charge >= 0.3 is 5.97 Å². The number of aryl methyl sites for hydroxylation is 1. The van der Waals surface area contributed by atoms with Crippen LogP contribution in [0.1, 0.15) is 42.5 Å². The lowest BCUT2D eigenvalue weighted by Crippen LogP contribution is -2.36. The van der Waals surface area contributed by atoms with Crippen molar-refractivity contribution in [3.63, 3.8) is 0 Å². The van der Waals surface area contributed by atoms with Crippen molar-refractivity contribution in [1.82, 2.24) is 9.88 Å². The lowest BCUT2D eigenvalue weighted by Gasteiger charge is -2.24. The number of ether oxygens (including phenoxy) is 2. The number of thiazole rings is 1. The highest BCUT2D eigenvalue weighted by Gasteiger charge is 2.21. The monoisotopic (exact) mass is 354 g/mol. The zero-order chi connectivity index (χ0) is 17.4. The molecule has 0 N–H and O–H groups in total. The molecule has 1 aromatic heterocycles. The van der Waals surface area contributed by atoms with Gasteiger partial charge in [0.2, 0.25) is 5.91 Å². The summed E-state index contributed by atoms with van der Waals surface area (Å²) in [5.74, 6) is 0.0276. The van der Waals surface area contributed by atoms with E-state index in [1.165, 1.54) is 7.11 Å². The molecule has 0 aromatic carbocycles. The number of aromatic nitrogens is 1. The molecule has 1 unspecified atom stereocenters. The van der Waals surface area contributed by atoms with Crippen LogP contribution >= 0.6 is 11.3 Å². The number of carbonyl (C=O) groups excluding carboxylic acids is 2. The molecule has 2 rings (SSSR count). The first-order valence-corrected chi connectivity index (χ1v) is 9.30. The van der Waals surface area contributed by atoms with Crippen LogP contribution in [0.4, 0.5) is 0 Å². The van der Waals surface area contributed by atoms with E-state index in [9.17, 15) is 9.59 Å². The van der Waals surface area contributed by atoms with Gasteiger partial charge in [-0.25, -0.2) is 4.98 Å². The van der Waals surface area contributed by atoms with Gasteiger partial charge in [0.05, 0.1) is 18.7 Å². The highest BCUT2D eigenvalue weighted by molar-refractivity contribution is 7.11. The van der Waals surface area contributed by atoms with E-state index in [1.54, 1.807) is 22.4 Å². The molecule has 0 saturated carbocycles. The highest BCUT2D eigenvalue weighted by atomic mass is 32.1. The van der Waals surface area contributed by atoms with Gasteiger partial charge in [-0.2, -0.15) is 0 Å². The molecule has 1 aliphatic heterocycles. The summed E-state index contributed by atoms with van der Waals surface area (Å²) >= 11 is 1.58. The molecule has 1 fully saturated rings. The van der Waals surface area contributed by atoms with E-state index >= 15 is 0 Å². The summed E-state index contributed by atoms with van der Waals surface area (Å²) in [6.07, 6.45) is 6.07. The van der Waals surface area contributed by atoms with Crippen LogP contribution in [0.15, 0.2) is 6.20 Å². The van der Waals surface area contributed by atoms with Gasteiger partial charge in [-0.15, -0.1) is 11.3 Å². The molecule has 1 aromatic rings. The van der Waals surface area contributed by atoms with E-state index in [2.05, 4.69) is 4.98 Å². The Morgan fingerprint density at radius 1 is 1.50 bits per heavy atom. The van der Waals surface area contributed by atoms with Crippen LogP contribution in [0.3, 0.4) is 0 Å². The molecular formula is C17H26N2O4S. The molecule has 0 bridgehead atoms. The highest BCUT2D eigenvalue weighted by Crippen LogP contribution is 2.21. The molecular weight excluding hydrogens is 328 g/mol. The van der Waals surface area contributed by atoms with E-state index in [0.29, 0.717) is 18.9 Å². The van der Waals surface area contributed by atoms with Crippen molar-refractivity contribution in [1.29, 1.82) is 0 Å². The Morgan fingerprint density at radius 3 is 2.96 bits per heavy atom. The number of carbonyl (C=O) groups is 2. The lowest BCUT2D eigenvalue weighted by molar-refractivity contribution is -0.147. The summed E-state index contributed by atoms with van der Waals surface area (Å²) in [7, 11) is 1.34. The van der Waals surface area contributed by atoms with Gasteiger partial charge in [-0.3, -0.25) is 9.59 Å². The molecule has 0 spiro atoms. The zero-order valence-electron chi connectivity index (χ0n) is 14.5. The van der Waals surface area contributed by atoms with Crippen LogP contribution < -0.4 is 0 Å². The van der Waals surface area contributed by atoms with Gasteiger partial charge in [0.1, 0.15) is 6.54 Å². The van der Waals surface area contributed by atoms with Crippen molar-refractivity contribution in [2.45, 2.75) is 45.6 Å². The summed E-state index contributed by atoms with van der Waals surface area (Å²) in [5, 5.41) is 1.04. The molecule has 1 amide bonds. The van der Waals surface area contributed by atoms with E-state index < -0.39 is 5.97 Å². The smallest absolute Gasteiger partial charge is 0.325 e. The topological polar surface area (TPSA) is 68.7 Å². The molecule has 134 valence electrons. The van der Waals surface area contributed by atoms with Crippen LogP contribution in [0, 0.1) is 5.92 Å². The lowest BCUT2D eigenvalue weighted by atomic mass is 9.96. The van der Waals surface area contributed by atoms with E-state index in [4.69, 9.17) is 9.47 Å². The summed E-state index contributed by atoms with van der Waals surface area (Å²) in [6.45, 7) is 4.00.